The predicted molar refractivity (Wildman–Crippen MR) is 115 cm³/mol. The quantitative estimate of drug-likeness (QED) is 0.329. The van der Waals surface area contributed by atoms with E-state index in [1.165, 1.54) is 19.2 Å². The summed E-state index contributed by atoms with van der Waals surface area (Å²) < 4.78 is 23.2. The Morgan fingerprint density at radius 1 is 0.903 bits per heavy atom. The molecule has 1 unspecified atom stereocenters. The molecule has 0 amide bonds. The first-order chi connectivity index (χ1) is 14.6. The molecular formula is C25H29FO5. The van der Waals surface area contributed by atoms with Gasteiger partial charge in [-0.25, -0.2) is 4.39 Å². The molecule has 6 heteroatoms. The zero-order chi connectivity index (χ0) is 23.0. The Kier molecular flexibility index (Phi) is 8.48. The van der Waals surface area contributed by atoms with Crippen LogP contribution in [0.5, 0.6) is 0 Å². The van der Waals surface area contributed by atoms with Gasteiger partial charge in [-0.05, 0) is 63.3 Å². The summed E-state index contributed by atoms with van der Waals surface area (Å²) in [5.74, 6) is -2.48. The summed E-state index contributed by atoms with van der Waals surface area (Å²) >= 11 is 0. The van der Waals surface area contributed by atoms with Crippen LogP contribution >= 0.6 is 0 Å². The smallest absolute Gasteiger partial charge is 0.316 e. The number of rotatable bonds is 9. The lowest BCUT2D eigenvalue weighted by atomic mass is 9.91. The first-order valence-electron chi connectivity index (χ1n) is 10.3. The summed E-state index contributed by atoms with van der Waals surface area (Å²) in [7, 11) is 1.25. The van der Waals surface area contributed by atoms with Crippen LogP contribution in [-0.4, -0.2) is 30.4 Å². The number of hydrogen-bond donors (Lipinski definition) is 0. The van der Waals surface area contributed by atoms with Gasteiger partial charge in [0, 0.05) is 12.0 Å². The van der Waals surface area contributed by atoms with Crippen LogP contribution in [0.3, 0.4) is 0 Å². The molecular weight excluding hydrogens is 399 g/mol. The first-order valence-corrected chi connectivity index (χ1v) is 10.3. The number of halogens is 1. The Hall–Kier alpha value is -3.02. The third kappa shape index (κ3) is 7.96. The fourth-order valence-corrected chi connectivity index (χ4v) is 3.14. The molecule has 2 rings (SSSR count). The Morgan fingerprint density at radius 3 is 2.00 bits per heavy atom. The molecule has 0 spiro atoms. The molecule has 0 heterocycles. The Balaban J connectivity index is 2.01. The van der Waals surface area contributed by atoms with Crippen molar-refractivity contribution in [3.05, 3.63) is 71.0 Å². The maximum atomic E-state index is 13.1. The Labute approximate surface area is 182 Å². The van der Waals surface area contributed by atoms with Crippen molar-refractivity contribution < 1.29 is 28.2 Å². The highest BCUT2D eigenvalue weighted by atomic mass is 19.1. The number of ether oxygens (including phenoxy) is 2. The summed E-state index contributed by atoms with van der Waals surface area (Å²) in [6, 6.07) is 12.8. The fraction of sp³-hybridized carbons (Fsp3) is 0.400. The molecule has 166 valence electrons. The van der Waals surface area contributed by atoms with E-state index in [0.29, 0.717) is 18.4 Å². The average molecular weight is 429 g/mol. The molecule has 0 fully saturated rings. The Morgan fingerprint density at radius 2 is 1.45 bits per heavy atom. The van der Waals surface area contributed by atoms with Crippen molar-refractivity contribution in [1.82, 2.24) is 0 Å². The number of esters is 2. The lowest BCUT2D eigenvalue weighted by molar-refractivity contribution is -0.154. The van der Waals surface area contributed by atoms with E-state index in [9.17, 15) is 18.8 Å². The number of Topliss-reactive ketones (excluding diaryl/α,β-unsaturated/α-hetero) is 1. The van der Waals surface area contributed by atoms with E-state index in [1.54, 1.807) is 36.4 Å². The summed E-state index contributed by atoms with van der Waals surface area (Å²) in [5, 5.41) is 0. The second kappa shape index (κ2) is 10.8. The van der Waals surface area contributed by atoms with E-state index in [1.807, 2.05) is 20.8 Å². The largest absolute Gasteiger partial charge is 0.468 e. The van der Waals surface area contributed by atoms with Gasteiger partial charge in [-0.1, -0.05) is 36.4 Å². The van der Waals surface area contributed by atoms with Crippen molar-refractivity contribution in [3.8, 4) is 0 Å². The van der Waals surface area contributed by atoms with E-state index in [-0.39, 0.29) is 30.4 Å². The minimum Gasteiger partial charge on any atom is -0.468 e. The molecule has 2 aromatic carbocycles. The van der Waals surface area contributed by atoms with E-state index >= 15 is 0 Å². The van der Waals surface area contributed by atoms with Gasteiger partial charge in [0.2, 0.25) is 0 Å². The van der Waals surface area contributed by atoms with E-state index in [4.69, 9.17) is 9.47 Å². The topological polar surface area (TPSA) is 69.7 Å². The van der Waals surface area contributed by atoms with Gasteiger partial charge in [0.15, 0.2) is 5.78 Å². The minimum absolute atomic E-state index is 0.243. The molecule has 0 bridgehead atoms. The zero-order valence-corrected chi connectivity index (χ0v) is 18.4. The van der Waals surface area contributed by atoms with Gasteiger partial charge in [0.25, 0.3) is 0 Å². The molecule has 0 aliphatic heterocycles. The van der Waals surface area contributed by atoms with E-state index < -0.39 is 17.5 Å². The van der Waals surface area contributed by atoms with Crippen molar-refractivity contribution in [3.63, 3.8) is 0 Å². The Bertz CT molecular complexity index is 895. The summed E-state index contributed by atoms with van der Waals surface area (Å²) in [5.41, 5.74) is 1.60. The number of carbonyl (C=O) groups is 3. The predicted octanol–water partition coefficient (Wildman–Crippen LogP) is 4.70. The molecule has 0 aromatic heterocycles. The number of hydrogen-bond acceptors (Lipinski definition) is 5. The van der Waals surface area contributed by atoms with Crippen LogP contribution in [0.2, 0.25) is 0 Å². The maximum absolute atomic E-state index is 13.1. The fourth-order valence-electron chi connectivity index (χ4n) is 3.14. The van der Waals surface area contributed by atoms with Crippen molar-refractivity contribution in [2.75, 3.05) is 7.11 Å². The molecule has 0 aliphatic rings. The molecule has 2 aromatic rings. The van der Waals surface area contributed by atoms with Gasteiger partial charge >= 0.3 is 11.9 Å². The van der Waals surface area contributed by atoms with E-state index in [0.717, 1.165) is 11.1 Å². The number of methoxy groups -OCH3 is 1. The normalized spacial score (nSPS) is 12.2. The van der Waals surface area contributed by atoms with Crippen molar-refractivity contribution in [2.45, 2.75) is 52.1 Å². The van der Waals surface area contributed by atoms with Gasteiger partial charge in [-0.15, -0.1) is 0 Å². The van der Waals surface area contributed by atoms with E-state index in [2.05, 4.69) is 0 Å². The van der Waals surface area contributed by atoms with Gasteiger partial charge in [0.1, 0.15) is 17.3 Å². The second-order valence-corrected chi connectivity index (χ2v) is 8.39. The average Bonchev–Trinajstić information content (AvgIpc) is 2.72. The highest BCUT2D eigenvalue weighted by molar-refractivity contribution is 6.08. The molecule has 5 nitrogen and oxygen atoms in total. The molecule has 1 atom stereocenters. The highest BCUT2D eigenvalue weighted by Crippen LogP contribution is 2.19. The first kappa shape index (κ1) is 24.3. The monoisotopic (exact) mass is 428 g/mol. The number of benzene rings is 2. The van der Waals surface area contributed by atoms with Crippen LogP contribution in [0, 0.1) is 11.7 Å². The molecule has 31 heavy (non-hydrogen) atoms. The van der Waals surface area contributed by atoms with Crippen molar-refractivity contribution >= 4 is 17.7 Å². The maximum Gasteiger partial charge on any atom is 0.316 e. The minimum atomic E-state index is -0.942. The lowest BCUT2D eigenvalue weighted by Crippen LogP contribution is -2.26. The van der Waals surface area contributed by atoms with Gasteiger partial charge in [-0.2, -0.15) is 0 Å². The van der Waals surface area contributed by atoms with Crippen LogP contribution in [0.1, 0.15) is 55.1 Å². The third-order valence-corrected chi connectivity index (χ3v) is 4.71. The van der Waals surface area contributed by atoms with Crippen molar-refractivity contribution in [1.29, 1.82) is 0 Å². The number of aryl methyl sites for hydroxylation is 2. The third-order valence-electron chi connectivity index (χ3n) is 4.71. The molecule has 0 saturated heterocycles. The van der Waals surface area contributed by atoms with Crippen LogP contribution in [-0.2, 0) is 31.9 Å². The standard InChI is InChI=1S/C25H29FO5/c1-25(2,3)31-22(27)16-10-17-5-11-19(12-6-17)23(28)21(24(29)30-4)15-9-18-7-13-20(26)14-8-18/h5-8,11-14,21H,9-10,15-16H2,1-4H3. The van der Waals surface area contributed by atoms with Gasteiger partial charge in [0.05, 0.1) is 7.11 Å². The van der Waals surface area contributed by atoms with Crippen molar-refractivity contribution in [2.24, 2.45) is 5.92 Å². The summed E-state index contributed by atoms with van der Waals surface area (Å²) in [4.78, 5) is 37.0. The SMILES string of the molecule is COC(=O)C(CCc1ccc(F)cc1)C(=O)c1ccc(CCC(=O)OC(C)(C)C)cc1. The molecule has 0 N–H and O–H groups in total. The zero-order valence-electron chi connectivity index (χ0n) is 18.4. The molecule has 0 radical (unpaired) electrons. The number of carbonyl (C=O) groups excluding carboxylic acids is 3. The summed E-state index contributed by atoms with van der Waals surface area (Å²) in [6.07, 6.45) is 1.44. The van der Waals surface area contributed by atoms with Gasteiger partial charge < -0.3 is 9.47 Å². The second-order valence-electron chi connectivity index (χ2n) is 8.39. The van der Waals surface area contributed by atoms with Crippen LogP contribution in [0.15, 0.2) is 48.5 Å². The lowest BCUT2D eigenvalue weighted by Gasteiger charge is -2.19. The van der Waals surface area contributed by atoms with Crippen LogP contribution in [0.4, 0.5) is 4.39 Å². The highest BCUT2D eigenvalue weighted by Gasteiger charge is 2.28. The summed E-state index contributed by atoms with van der Waals surface area (Å²) in [6.45, 7) is 5.46. The molecule has 0 aliphatic carbocycles. The van der Waals surface area contributed by atoms with Crippen LogP contribution < -0.4 is 0 Å². The number of ketones is 1. The van der Waals surface area contributed by atoms with Crippen LogP contribution in [0.25, 0.3) is 0 Å². The molecule has 0 saturated carbocycles. The van der Waals surface area contributed by atoms with Gasteiger partial charge in [-0.3, -0.25) is 14.4 Å².